The number of benzene rings is 2. The van der Waals surface area contributed by atoms with Gasteiger partial charge in [0.2, 0.25) is 10.0 Å². The molecule has 1 amide bonds. The first-order valence-corrected chi connectivity index (χ1v) is 10.2. The third-order valence-corrected chi connectivity index (χ3v) is 7.51. The van der Waals surface area contributed by atoms with Crippen molar-refractivity contribution in [2.45, 2.75) is 16.3 Å². The molecule has 1 aliphatic rings. The molecule has 0 bridgehead atoms. The second-order valence-electron chi connectivity index (χ2n) is 5.75. The van der Waals surface area contributed by atoms with Gasteiger partial charge < -0.3 is 0 Å². The first kappa shape index (κ1) is 17.6. The topological polar surface area (TPSA) is 91.8 Å². The summed E-state index contributed by atoms with van der Waals surface area (Å²) in [6.45, 7) is -0.230. The molecule has 2 aromatic rings. The Morgan fingerprint density at radius 2 is 1.72 bits per heavy atom. The molecular formula is C16H16N2O5S2. The molecule has 2 aromatic carbocycles. The van der Waals surface area contributed by atoms with E-state index in [1.54, 1.807) is 18.2 Å². The minimum absolute atomic E-state index is 0.0305. The standard InChI is InChI=1S/C16H16N2O5S2/c1-17(2)24(20,21)13-7-5-6-12(10-13)11-18-16(19)14-8-3-4-9-15(14)25(18,22)23/h3-10H,11H2,1-2H3. The summed E-state index contributed by atoms with van der Waals surface area (Å²) < 4.78 is 51.4. The number of sulfonamides is 2. The predicted molar refractivity (Wildman–Crippen MR) is 90.8 cm³/mol. The molecule has 25 heavy (non-hydrogen) atoms. The summed E-state index contributed by atoms with van der Waals surface area (Å²) in [5.41, 5.74) is 0.534. The molecule has 0 aromatic heterocycles. The van der Waals surface area contributed by atoms with Crippen LogP contribution >= 0.6 is 0 Å². The Bertz CT molecular complexity index is 1060. The fraction of sp³-hybridized carbons (Fsp3) is 0.188. The maximum Gasteiger partial charge on any atom is 0.269 e. The van der Waals surface area contributed by atoms with E-state index in [9.17, 15) is 21.6 Å². The molecule has 0 saturated heterocycles. The van der Waals surface area contributed by atoms with Gasteiger partial charge in [0.15, 0.2) is 0 Å². The molecule has 0 radical (unpaired) electrons. The van der Waals surface area contributed by atoms with E-state index in [2.05, 4.69) is 0 Å². The van der Waals surface area contributed by atoms with Crippen molar-refractivity contribution >= 4 is 26.0 Å². The SMILES string of the molecule is CN(C)S(=O)(=O)c1cccc(CN2C(=O)c3ccccc3S2(=O)=O)c1. The molecule has 0 atom stereocenters. The number of nitrogens with zero attached hydrogens (tertiary/aromatic N) is 2. The molecule has 0 fully saturated rings. The van der Waals surface area contributed by atoms with Crippen LogP contribution in [-0.2, 0) is 26.6 Å². The molecule has 7 nitrogen and oxygen atoms in total. The van der Waals surface area contributed by atoms with Crippen LogP contribution < -0.4 is 0 Å². The highest BCUT2D eigenvalue weighted by molar-refractivity contribution is 7.90. The van der Waals surface area contributed by atoms with Crippen molar-refractivity contribution in [1.29, 1.82) is 0 Å². The summed E-state index contributed by atoms with van der Waals surface area (Å²) in [4.78, 5) is 12.4. The highest BCUT2D eigenvalue weighted by Gasteiger charge is 2.40. The van der Waals surface area contributed by atoms with Gasteiger partial charge in [-0.2, -0.15) is 0 Å². The second-order valence-corrected chi connectivity index (χ2v) is 9.73. The monoisotopic (exact) mass is 380 g/mol. The van der Waals surface area contributed by atoms with E-state index in [-0.39, 0.29) is 21.9 Å². The fourth-order valence-corrected chi connectivity index (χ4v) is 5.10. The lowest BCUT2D eigenvalue weighted by atomic mass is 10.2. The summed E-state index contributed by atoms with van der Waals surface area (Å²) in [5.74, 6) is -0.614. The number of hydrogen-bond acceptors (Lipinski definition) is 5. The molecule has 1 heterocycles. The van der Waals surface area contributed by atoms with Crippen LogP contribution in [0.5, 0.6) is 0 Å². The van der Waals surface area contributed by atoms with E-state index >= 15 is 0 Å². The van der Waals surface area contributed by atoms with Crippen molar-refractivity contribution < 1.29 is 21.6 Å². The van der Waals surface area contributed by atoms with Crippen LogP contribution in [0.25, 0.3) is 0 Å². The van der Waals surface area contributed by atoms with Crippen LogP contribution in [-0.4, -0.2) is 45.4 Å². The highest BCUT2D eigenvalue weighted by atomic mass is 32.2. The average Bonchev–Trinajstić information content (AvgIpc) is 2.76. The molecule has 132 valence electrons. The quantitative estimate of drug-likeness (QED) is 0.797. The van der Waals surface area contributed by atoms with Crippen LogP contribution in [0.3, 0.4) is 0 Å². The molecule has 1 aliphatic heterocycles. The molecule has 0 saturated carbocycles. The van der Waals surface area contributed by atoms with E-state index in [1.807, 2.05) is 0 Å². The summed E-state index contributed by atoms with van der Waals surface area (Å²) in [7, 11) is -4.76. The molecule has 9 heteroatoms. The van der Waals surface area contributed by atoms with Gasteiger partial charge in [-0.05, 0) is 29.8 Å². The maximum absolute atomic E-state index is 12.6. The van der Waals surface area contributed by atoms with Gasteiger partial charge in [0.05, 0.1) is 17.0 Å². The van der Waals surface area contributed by atoms with Crippen molar-refractivity contribution in [3.05, 3.63) is 59.7 Å². The third-order valence-electron chi connectivity index (χ3n) is 3.92. The number of carbonyl (C=O) groups excluding carboxylic acids is 1. The lowest BCUT2D eigenvalue weighted by Crippen LogP contribution is -2.29. The zero-order valence-electron chi connectivity index (χ0n) is 13.6. The van der Waals surface area contributed by atoms with Gasteiger partial charge in [0, 0.05) is 14.1 Å². The summed E-state index contributed by atoms with van der Waals surface area (Å²) in [6.07, 6.45) is 0. The normalized spacial score (nSPS) is 16.3. The summed E-state index contributed by atoms with van der Waals surface area (Å²) in [5, 5.41) is 0. The van der Waals surface area contributed by atoms with Crippen molar-refractivity contribution in [2.75, 3.05) is 14.1 Å². The number of amides is 1. The Hall–Kier alpha value is -2.23. The first-order valence-electron chi connectivity index (χ1n) is 7.33. The maximum atomic E-state index is 12.6. The minimum Gasteiger partial charge on any atom is -0.268 e. The van der Waals surface area contributed by atoms with E-state index in [0.29, 0.717) is 5.56 Å². The number of fused-ring (bicyclic) bond motifs is 1. The van der Waals surface area contributed by atoms with Crippen LogP contribution in [0.15, 0.2) is 58.3 Å². The van der Waals surface area contributed by atoms with Gasteiger partial charge >= 0.3 is 0 Å². The molecule has 0 N–H and O–H groups in total. The lowest BCUT2D eigenvalue weighted by Gasteiger charge is -2.16. The van der Waals surface area contributed by atoms with Crippen LogP contribution in [0.1, 0.15) is 15.9 Å². The highest BCUT2D eigenvalue weighted by Crippen LogP contribution is 2.31. The number of hydrogen-bond donors (Lipinski definition) is 0. The van der Waals surface area contributed by atoms with Gasteiger partial charge in [-0.15, -0.1) is 0 Å². The number of carbonyl (C=O) groups is 1. The smallest absolute Gasteiger partial charge is 0.268 e. The van der Waals surface area contributed by atoms with Crippen LogP contribution in [0.2, 0.25) is 0 Å². The van der Waals surface area contributed by atoms with E-state index in [1.165, 1.54) is 44.4 Å². The zero-order valence-corrected chi connectivity index (χ0v) is 15.2. The fourth-order valence-electron chi connectivity index (χ4n) is 2.57. The van der Waals surface area contributed by atoms with Gasteiger partial charge in [-0.3, -0.25) is 4.79 Å². The number of rotatable bonds is 4. The Labute approximate surface area is 146 Å². The summed E-state index contributed by atoms with van der Waals surface area (Å²) in [6, 6.07) is 11.9. The van der Waals surface area contributed by atoms with Crippen LogP contribution in [0.4, 0.5) is 0 Å². The van der Waals surface area contributed by atoms with E-state index < -0.39 is 26.0 Å². The summed E-state index contributed by atoms with van der Waals surface area (Å²) >= 11 is 0. The van der Waals surface area contributed by atoms with Gasteiger partial charge in [-0.1, -0.05) is 24.3 Å². The first-order chi connectivity index (χ1) is 11.7. The Kier molecular flexibility index (Phi) is 4.18. The van der Waals surface area contributed by atoms with Crippen molar-refractivity contribution in [2.24, 2.45) is 0 Å². The van der Waals surface area contributed by atoms with E-state index in [0.717, 1.165) is 8.61 Å². The van der Waals surface area contributed by atoms with Gasteiger partial charge in [-0.25, -0.2) is 25.4 Å². The van der Waals surface area contributed by atoms with Gasteiger partial charge in [0.25, 0.3) is 15.9 Å². The Balaban J connectivity index is 1.99. The molecule has 0 aliphatic carbocycles. The minimum atomic E-state index is -3.93. The molecular weight excluding hydrogens is 364 g/mol. The van der Waals surface area contributed by atoms with Crippen LogP contribution in [0, 0.1) is 0 Å². The third kappa shape index (κ3) is 2.84. The Morgan fingerprint density at radius 3 is 2.36 bits per heavy atom. The predicted octanol–water partition coefficient (Wildman–Crippen LogP) is 1.28. The Morgan fingerprint density at radius 1 is 1.04 bits per heavy atom. The molecule has 0 spiro atoms. The average molecular weight is 380 g/mol. The van der Waals surface area contributed by atoms with E-state index in [4.69, 9.17) is 0 Å². The zero-order chi connectivity index (χ0) is 18.4. The second kappa shape index (κ2) is 5.94. The largest absolute Gasteiger partial charge is 0.269 e. The molecule has 0 unspecified atom stereocenters. The van der Waals surface area contributed by atoms with Crippen molar-refractivity contribution in [1.82, 2.24) is 8.61 Å². The van der Waals surface area contributed by atoms with Crippen molar-refractivity contribution in [3.63, 3.8) is 0 Å². The lowest BCUT2D eigenvalue weighted by molar-refractivity contribution is 0.0865. The van der Waals surface area contributed by atoms with Crippen molar-refractivity contribution in [3.8, 4) is 0 Å². The molecule has 3 rings (SSSR count). The van der Waals surface area contributed by atoms with Gasteiger partial charge in [0.1, 0.15) is 4.90 Å².